The number of amides is 3. The van der Waals surface area contributed by atoms with Crippen molar-refractivity contribution in [2.24, 2.45) is 5.92 Å². The third kappa shape index (κ3) is 6.27. The third-order valence-corrected chi connectivity index (χ3v) is 6.71. The van der Waals surface area contributed by atoms with E-state index in [0.29, 0.717) is 37.4 Å². The number of hydrogen-bond donors (Lipinski definition) is 2. The number of hydrogen-bond acceptors (Lipinski definition) is 3. The summed E-state index contributed by atoms with van der Waals surface area (Å²) < 4.78 is 0. The van der Waals surface area contributed by atoms with Gasteiger partial charge in [-0.1, -0.05) is 53.5 Å². The van der Waals surface area contributed by atoms with E-state index >= 15 is 0 Å². The molecule has 33 heavy (non-hydrogen) atoms. The van der Waals surface area contributed by atoms with Gasteiger partial charge in [0.25, 0.3) is 5.91 Å². The van der Waals surface area contributed by atoms with Gasteiger partial charge in [-0.2, -0.15) is 0 Å². The molecule has 3 amide bonds. The van der Waals surface area contributed by atoms with Gasteiger partial charge in [-0.3, -0.25) is 14.4 Å². The average Bonchev–Trinajstić information content (AvgIpc) is 3.65. The molecule has 0 aromatic heterocycles. The van der Waals surface area contributed by atoms with Crippen LogP contribution in [0, 0.1) is 5.92 Å². The molecule has 1 aliphatic carbocycles. The largest absolute Gasteiger partial charge is 0.351 e. The highest BCUT2D eigenvalue weighted by Crippen LogP contribution is 2.32. The lowest BCUT2D eigenvalue weighted by Gasteiger charge is -2.33. The molecule has 1 atom stereocenters. The predicted molar refractivity (Wildman–Crippen MR) is 128 cm³/mol. The summed E-state index contributed by atoms with van der Waals surface area (Å²) in [5.41, 5.74) is 1.20. The molecule has 1 saturated carbocycles. The standard InChI is InChI=1S/C25H27Cl2N3O3/c26-18-8-9-20(21(27)15-18)23(31)29-22(14-16-4-2-1-3-5-16)24(32)28-19-10-12-30(13-11-19)25(33)17-6-7-17/h1-5,8-9,15,17,19,22H,6-7,10-14H2,(H,28,32)(H,29,31). The summed E-state index contributed by atoms with van der Waals surface area (Å²) in [4.78, 5) is 40.3. The fourth-order valence-electron chi connectivity index (χ4n) is 4.10. The molecule has 4 rings (SSSR count). The highest BCUT2D eigenvalue weighted by Gasteiger charge is 2.35. The van der Waals surface area contributed by atoms with E-state index in [1.807, 2.05) is 35.2 Å². The Balaban J connectivity index is 1.41. The summed E-state index contributed by atoms with van der Waals surface area (Å²) in [5.74, 6) is -0.225. The lowest BCUT2D eigenvalue weighted by atomic mass is 10.0. The Kier molecular flexibility index (Phi) is 7.56. The number of carbonyl (C=O) groups is 3. The molecule has 1 heterocycles. The van der Waals surface area contributed by atoms with E-state index in [-0.39, 0.29) is 34.4 Å². The first-order chi connectivity index (χ1) is 15.9. The molecule has 0 spiro atoms. The van der Waals surface area contributed by atoms with E-state index in [4.69, 9.17) is 23.2 Å². The summed E-state index contributed by atoms with van der Waals surface area (Å²) in [6.07, 6.45) is 3.75. The van der Waals surface area contributed by atoms with Crippen LogP contribution in [0.25, 0.3) is 0 Å². The number of rotatable bonds is 7. The highest BCUT2D eigenvalue weighted by atomic mass is 35.5. The van der Waals surface area contributed by atoms with Crippen LogP contribution in [0.15, 0.2) is 48.5 Å². The zero-order chi connectivity index (χ0) is 23.4. The molecule has 0 bridgehead atoms. The number of piperidine rings is 1. The fraction of sp³-hybridized carbons (Fsp3) is 0.400. The van der Waals surface area contributed by atoms with Crippen LogP contribution in [0.5, 0.6) is 0 Å². The van der Waals surface area contributed by atoms with Crippen molar-refractivity contribution >= 4 is 40.9 Å². The van der Waals surface area contributed by atoms with Gasteiger partial charge in [-0.05, 0) is 49.4 Å². The lowest BCUT2D eigenvalue weighted by molar-refractivity contribution is -0.133. The van der Waals surface area contributed by atoms with Gasteiger partial charge in [0.15, 0.2) is 0 Å². The number of halogens is 2. The van der Waals surface area contributed by atoms with Gasteiger partial charge in [0.2, 0.25) is 11.8 Å². The molecule has 1 saturated heterocycles. The van der Waals surface area contributed by atoms with E-state index < -0.39 is 11.9 Å². The van der Waals surface area contributed by atoms with Crippen LogP contribution in [0.1, 0.15) is 41.6 Å². The molecular formula is C25H27Cl2N3O3. The van der Waals surface area contributed by atoms with Gasteiger partial charge in [0.05, 0.1) is 10.6 Å². The summed E-state index contributed by atoms with van der Waals surface area (Å²) in [7, 11) is 0. The summed E-state index contributed by atoms with van der Waals surface area (Å²) >= 11 is 12.1. The average molecular weight is 488 g/mol. The van der Waals surface area contributed by atoms with Crippen molar-refractivity contribution in [3.63, 3.8) is 0 Å². The van der Waals surface area contributed by atoms with Crippen molar-refractivity contribution in [2.45, 2.75) is 44.2 Å². The van der Waals surface area contributed by atoms with E-state index in [9.17, 15) is 14.4 Å². The number of nitrogens with zero attached hydrogens (tertiary/aromatic N) is 1. The first-order valence-electron chi connectivity index (χ1n) is 11.3. The minimum atomic E-state index is -0.766. The van der Waals surface area contributed by atoms with Crippen molar-refractivity contribution in [3.8, 4) is 0 Å². The number of nitrogens with one attached hydrogen (secondary N) is 2. The Morgan fingerprint density at radius 3 is 2.30 bits per heavy atom. The predicted octanol–water partition coefficient (Wildman–Crippen LogP) is 3.85. The maximum atomic E-state index is 13.2. The molecule has 8 heteroatoms. The van der Waals surface area contributed by atoms with Gasteiger partial charge >= 0.3 is 0 Å². The van der Waals surface area contributed by atoms with Crippen LogP contribution >= 0.6 is 23.2 Å². The maximum Gasteiger partial charge on any atom is 0.253 e. The smallest absolute Gasteiger partial charge is 0.253 e. The molecule has 2 aromatic carbocycles. The number of likely N-dealkylation sites (tertiary alicyclic amines) is 1. The van der Waals surface area contributed by atoms with Gasteiger partial charge in [-0.25, -0.2) is 0 Å². The molecule has 2 N–H and O–H groups in total. The van der Waals surface area contributed by atoms with Crippen molar-refractivity contribution in [1.82, 2.24) is 15.5 Å². The quantitative estimate of drug-likeness (QED) is 0.622. The Bertz CT molecular complexity index is 1020. The summed E-state index contributed by atoms with van der Waals surface area (Å²) in [6.45, 7) is 1.30. The SMILES string of the molecule is O=C(NC(Cc1ccccc1)C(=O)NC1CCN(C(=O)C2CC2)CC1)c1ccc(Cl)cc1Cl. The van der Waals surface area contributed by atoms with Crippen molar-refractivity contribution < 1.29 is 14.4 Å². The second kappa shape index (κ2) is 10.6. The number of carbonyl (C=O) groups excluding carboxylic acids is 3. The molecule has 6 nitrogen and oxygen atoms in total. The fourth-order valence-corrected chi connectivity index (χ4v) is 4.60. The van der Waals surface area contributed by atoms with Gasteiger partial charge < -0.3 is 15.5 Å². The van der Waals surface area contributed by atoms with E-state index in [0.717, 1.165) is 18.4 Å². The molecule has 1 aliphatic heterocycles. The van der Waals surface area contributed by atoms with Gasteiger partial charge in [0, 0.05) is 36.5 Å². The van der Waals surface area contributed by atoms with Crippen LogP contribution in [0.2, 0.25) is 10.0 Å². The lowest BCUT2D eigenvalue weighted by Crippen LogP contribution is -2.53. The van der Waals surface area contributed by atoms with E-state index in [1.54, 1.807) is 12.1 Å². The molecule has 174 valence electrons. The second-order valence-electron chi connectivity index (χ2n) is 8.72. The van der Waals surface area contributed by atoms with E-state index in [2.05, 4.69) is 10.6 Å². The van der Waals surface area contributed by atoms with Crippen molar-refractivity contribution in [2.75, 3.05) is 13.1 Å². The summed E-state index contributed by atoms with van der Waals surface area (Å²) in [5, 5.41) is 6.58. The van der Waals surface area contributed by atoms with Crippen LogP contribution in [-0.2, 0) is 16.0 Å². The first-order valence-corrected chi connectivity index (χ1v) is 12.1. The zero-order valence-corrected chi connectivity index (χ0v) is 19.7. The van der Waals surface area contributed by atoms with Crippen LogP contribution in [-0.4, -0.2) is 47.8 Å². The van der Waals surface area contributed by atoms with Crippen LogP contribution in [0.3, 0.4) is 0 Å². The molecule has 1 unspecified atom stereocenters. The molecule has 0 radical (unpaired) electrons. The monoisotopic (exact) mass is 487 g/mol. The number of benzene rings is 2. The Labute approximate surface area is 203 Å². The highest BCUT2D eigenvalue weighted by molar-refractivity contribution is 6.36. The minimum Gasteiger partial charge on any atom is -0.351 e. The Morgan fingerprint density at radius 2 is 1.67 bits per heavy atom. The molecule has 2 aromatic rings. The van der Waals surface area contributed by atoms with Gasteiger partial charge in [-0.15, -0.1) is 0 Å². The minimum absolute atomic E-state index is 0.0324. The normalized spacial score (nSPS) is 17.3. The summed E-state index contributed by atoms with van der Waals surface area (Å²) in [6, 6.07) is 13.4. The Hall–Kier alpha value is -2.57. The van der Waals surface area contributed by atoms with Gasteiger partial charge in [0.1, 0.15) is 6.04 Å². The first kappa shape index (κ1) is 23.6. The molecule has 2 aliphatic rings. The van der Waals surface area contributed by atoms with Crippen molar-refractivity contribution in [1.29, 1.82) is 0 Å². The molecular weight excluding hydrogens is 461 g/mol. The van der Waals surface area contributed by atoms with Crippen LogP contribution < -0.4 is 10.6 Å². The van der Waals surface area contributed by atoms with E-state index in [1.165, 1.54) is 6.07 Å². The zero-order valence-electron chi connectivity index (χ0n) is 18.2. The maximum absolute atomic E-state index is 13.2. The third-order valence-electron chi connectivity index (χ3n) is 6.16. The van der Waals surface area contributed by atoms with Crippen molar-refractivity contribution in [3.05, 3.63) is 69.7 Å². The Morgan fingerprint density at radius 1 is 0.970 bits per heavy atom. The molecule has 2 fully saturated rings. The van der Waals surface area contributed by atoms with Crippen LogP contribution in [0.4, 0.5) is 0 Å². The topological polar surface area (TPSA) is 78.5 Å². The second-order valence-corrected chi connectivity index (χ2v) is 9.57.